The first kappa shape index (κ1) is 15.6. The Kier molecular flexibility index (Phi) is 6.42. The van der Waals surface area contributed by atoms with E-state index >= 15 is 0 Å². The van der Waals surface area contributed by atoms with E-state index in [0.717, 1.165) is 12.8 Å². The van der Waals surface area contributed by atoms with Crippen LogP contribution in [0.25, 0.3) is 0 Å². The molecule has 0 saturated heterocycles. The molecule has 0 spiro atoms. The van der Waals surface area contributed by atoms with E-state index in [2.05, 4.69) is 36.5 Å². The standard InChI is InChI=1S/2C8H11.2ClH.Ir/c2*1-2-4-6-8-7-5-3-1;;;/h2*1-3H,4,6-8H2;2*1H;/q;;;;+2/p-2. The maximum atomic E-state index is 6.89. The molecule has 0 N–H and O–H groups in total. The first-order valence-electron chi connectivity index (χ1n) is 7.02. The third-order valence-corrected chi connectivity index (χ3v) is 14.6. The van der Waals surface area contributed by atoms with E-state index in [1.54, 1.807) is 0 Å². The molecule has 0 saturated carbocycles. The Bertz CT molecular complexity index is 378. The van der Waals surface area contributed by atoms with E-state index in [1.807, 2.05) is 0 Å². The normalized spacial score (nSPS) is 22.6. The molecule has 2 rings (SSSR count). The van der Waals surface area contributed by atoms with Crippen molar-refractivity contribution in [3.05, 3.63) is 44.6 Å². The SMILES string of the molecule is [Cl][Ir]([Cl])([C]1=CC=CCCCC1)[C]1=CC=CCCCC1. The van der Waals surface area contributed by atoms with Gasteiger partial charge in [0.1, 0.15) is 0 Å². The molecule has 0 heterocycles. The second-order valence-corrected chi connectivity index (χ2v) is 18.0. The Morgan fingerprint density at radius 2 is 1.21 bits per heavy atom. The van der Waals surface area contributed by atoms with E-state index < -0.39 is 13.3 Å². The molecule has 3 heteroatoms. The Labute approximate surface area is 128 Å². The summed E-state index contributed by atoms with van der Waals surface area (Å²) < 4.78 is 2.67. The summed E-state index contributed by atoms with van der Waals surface area (Å²) in [4.78, 5) is 0. The van der Waals surface area contributed by atoms with Crippen LogP contribution in [-0.4, -0.2) is 0 Å². The van der Waals surface area contributed by atoms with Crippen LogP contribution in [-0.2, 0) is 13.3 Å². The third kappa shape index (κ3) is 4.60. The average molecular weight is 477 g/mol. The van der Waals surface area contributed by atoms with Crippen molar-refractivity contribution in [2.45, 2.75) is 51.4 Å². The maximum absolute atomic E-state index is 6.89. The van der Waals surface area contributed by atoms with Gasteiger partial charge in [0.2, 0.25) is 0 Å². The Hall–Kier alpha value is 0.189. The zero-order valence-electron chi connectivity index (χ0n) is 11.2. The van der Waals surface area contributed by atoms with Gasteiger partial charge in [-0.25, -0.2) is 0 Å². The molecule has 0 fully saturated rings. The molecule has 0 aromatic heterocycles. The van der Waals surface area contributed by atoms with E-state index in [-0.39, 0.29) is 0 Å². The van der Waals surface area contributed by atoms with Crippen molar-refractivity contribution in [1.82, 2.24) is 0 Å². The van der Waals surface area contributed by atoms with E-state index in [9.17, 15) is 0 Å². The van der Waals surface area contributed by atoms with Gasteiger partial charge in [0.25, 0.3) is 0 Å². The van der Waals surface area contributed by atoms with Gasteiger partial charge < -0.3 is 0 Å². The van der Waals surface area contributed by atoms with Gasteiger partial charge in [-0.05, 0) is 0 Å². The summed E-state index contributed by atoms with van der Waals surface area (Å²) in [6.45, 7) is 0. The summed E-state index contributed by atoms with van der Waals surface area (Å²) in [6.07, 6.45) is 22.6. The molecule has 109 valence electrons. The van der Waals surface area contributed by atoms with Crippen LogP contribution < -0.4 is 0 Å². The van der Waals surface area contributed by atoms with Gasteiger partial charge in [-0.2, -0.15) is 0 Å². The van der Waals surface area contributed by atoms with Crippen molar-refractivity contribution >= 4 is 19.2 Å². The minimum atomic E-state index is -3.01. The number of hydrogen-bond acceptors (Lipinski definition) is 0. The van der Waals surface area contributed by atoms with E-state index in [1.165, 1.54) is 46.7 Å². The van der Waals surface area contributed by atoms with Gasteiger partial charge >= 0.3 is 128 Å². The van der Waals surface area contributed by atoms with Gasteiger partial charge in [0, 0.05) is 0 Å². The minimum absolute atomic E-state index is 1.08. The third-order valence-electron chi connectivity index (χ3n) is 3.40. The van der Waals surface area contributed by atoms with Crippen molar-refractivity contribution in [2.24, 2.45) is 0 Å². The summed E-state index contributed by atoms with van der Waals surface area (Å²) in [6, 6.07) is 0. The molecular formula is C16H22Cl2Ir. The van der Waals surface area contributed by atoms with Gasteiger partial charge in [0.15, 0.2) is 0 Å². The van der Waals surface area contributed by atoms with Crippen molar-refractivity contribution in [3.63, 3.8) is 0 Å². The van der Waals surface area contributed by atoms with Crippen molar-refractivity contribution in [2.75, 3.05) is 0 Å². The molecule has 0 aromatic rings. The van der Waals surface area contributed by atoms with Gasteiger partial charge in [-0.3, -0.25) is 0 Å². The zero-order chi connectivity index (χ0) is 13.6. The number of rotatable bonds is 2. The molecule has 0 unspecified atom stereocenters. The number of hydrogen-bond donors (Lipinski definition) is 0. The summed E-state index contributed by atoms with van der Waals surface area (Å²) in [5.41, 5.74) is 0. The van der Waals surface area contributed by atoms with Gasteiger partial charge in [-0.15, -0.1) is 0 Å². The first-order valence-corrected chi connectivity index (χ1v) is 15.4. The van der Waals surface area contributed by atoms with Crippen LogP contribution in [0.1, 0.15) is 51.4 Å². The van der Waals surface area contributed by atoms with Crippen LogP contribution in [0.4, 0.5) is 0 Å². The zero-order valence-corrected chi connectivity index (χ0v) is 15.1. The predicted molar refractivity (Wildman–Crippen MR) is 83.1 cm³/mol. The summed E-state index contributed by atoms with van der Waals surface area (Å²) in [5.74, 6) is 0. The van der Waals surface area contributed by atoms with Crippen molar-refractivity contribution < 1.29 is 13.3 Å². The Balaban J connectivity index is 2.23. The monoisotopic (exact) mass is 477 g/mol. The summed E-state index contributed by atoms with van der Waals surface area (Å²) in [5, 5.41) is 0. The Morgan fingerprint density at radius 3 is 1.68 bits per heavy atom. The summed E-state index contributed by atoms with van der Waals surface area (Å²) in [7, 11) is 13.8. The van der Waals surface area contributed by atoms with Crippen LogP contribution >= 0.6 is 19.2 Å². The second-order valence-electron chi connectivity index (χ2n) is 4.90. The molecule has 0 nitrogen and oxygen atoms in total. The molecule has 0 aromatic carbocycles. The fourth-order valence-electron chi connectivity index (χ4n) is 2.28. The Morgan fingerprint density at radius 1 is 0.737 bits per heavy atom. The molecule has 2 aliphatic carbocycles. The van der Waals surface area contributed by atoms with Crippen LogP contribution in [0.15, 0.2) is 44.6 Å². The fraction of sp³-hybridized carbons (Fsp3) is 0.500. The molecule has 2 aliphatic rings. The van der Waals surface area contributed by atoms with Crippen molar-refractivity contribution in [3.8, 4) is 0 Å². The molecular weight excluding hydrogens is 455 g/mol. The molecule has 19 heavy (non-hydrogen) atoms. The average Bonchev–Trinajstić information content (AvgIpc) is 2.26. The van der Waals surface area contributed by atoms with Crippen LogP contribution in [0.3, 0.4) is 0 Å². The molecule has 0 atom stereocenters. The fourth-order valence-corrected chi connectivity index (χ4v) is 10.5. The second kappa shape index (κ2) is 7.84. The molecule has 0 bridgehead atoms. The van der Waals surface area contributed by atoms with Gasteiger partial charge in [-0.1, -0.05) is 0 Å². The number of halogens is 2. The van der Waals surface area contributed by atoms with E-state index in [4.69, 9.17) is 19.2 Å². The first-order chi connectivity index (χ1) is 9.21. The van der Waals surface area contributed by atoms with Gasteiger partial charge in [0.05, 0.1) is 0 Å². The van der Waals surface area contributed by atoms with E-state index in [0.29, 0.717) is 0 Å². The quantitative estimate of drug-likeness (QED) is 0.427. The predicted octanol–water partition coefficient (Wildman–Crippen LogP) is 6.48. The molecule has 0 amide bonds. The summed E-state index contributed by atoms with van der Waals surface area (Å²) >= 11 is -3.01. The van der Waals surface area contributed by atoms with Crippen LogP contribution in [0.2, 0.25) is 0 Å². The van der Waals surface area contributed by atoms with Crippen LogP contribution in [0, 0.1) is 0 Å². The van der Waals surface area contributed by atoms with Crippen LogP contribution in [0.5, 0.6) is 0 Å². The molecule has 0 radical (unpaired) electrons. The molecule has 0 aliphatic heterocycles. The topological polar surface area (TPSA) is 0 Å². The number of allylic oxidation sites excluding steroid dienone is 8. The van der Waals surface area contributed by atoms with Crippen molar-refractivity contribution in [1.29, 1.82) is 0 Å².